The van der Waals surface area contributed by atoms with Gasteiger partial charge in [-0.05, 0) is 19.1 Å². The Kier molecular flexibility index (Phi) is 5.21. The molecule has 0 spiro atoms. The number of ether oxygens (including phenoxy) is 1. The Balaban J connectivity index is 1.86. The Bertz CT molecular complexity index is 1020. The average Bonchev–Trinajstić information content (AvgIpc) is 2.67. The van der Waals surface area contributed by atoms with Gasteiger partial charge in [0.15, 0.2) is 0 Å². The highest BCUT2D eigenvalue weighted by molar-refractivity contribution is 5.92. The molecule has 1 atom stereocenters. The van der Waals surface area contributed by atoms with Crippen molar-refractivity contribution in [1.29, 1.82) is 0 Å². The van der Waals surface area contributed by atoms with Crippen molar-refractivity contribution < 1.29 is 14.6 Å². The van der Waals surface area contributed by atoms with E-state index in [0.717, 1.165) is 6.07 Å². The van der Waals surface area contributed by atoms with Gasteiger partial charge in [0.2, 0.25) is 0 Å². The molecule has 0 radical (unpaired) electrons. The SMILES string of the molecule is COc1cc(O)ccc1C(C)NC(=O)c1cc(=O)[nH]c(-c2ccccc2)n1. The molecule has 138 valence electrons. The van der Waals surface area contributed by atoms with Gasteiger partial charge >= 0.3 is 0 Å². The maximum atomic E-state index is 12.6. The first kappa shape index (κ1) is 18.2. The van der Waals surface area contributed by atoms with Crippen LogP contribution in [-0.4, -0.2) is 28.1 Å². The maximum absolute atomic E-state index is 12.6. The van der Waals surface area contributed by atoms with Crippen LogP contribution in [-0.2, 0) is 0 Å². The number of aromatic hydroxyl groups is 1. The highest BCUT2D eigenvalue weighted by Crippen LogP contribution is 2.28. The predicted molar refractivity (Wildman–Crippen MR) is 101 cm³/mol. The number of rotatable bonds is 5. The van der Waals surface area contributed by atoms with Gasteiger partial charge in [-0.15, -0.1) is 0 Å². The van der Waals surface area contributed by atoms with Crippen LogP contribution >= 0.6 is 0 Å². The summed E-state index contributed by atoms with van der Waals surface area (Å²) in [5.41, 5.74) is 1.00. The largest absolute Gasteiger partial charge is 0.508 e. The summed E-state index contributed by atoms with van der Waals surface area (Å²) in [7, 11) is 1.48. The Hall–Kier alpha value is -3.61. The molecule has 0 bridgehead atoms. The molecule has 3 aromatic rings. The van der Waals surface area contributed by atoms with E-state index in [1.807, 2.05) is 18.2 Å². The first-order valence-corrected chi connectivity index (χ1v) is 8.32. The lowest BCUT2D eigenvalue weighted by atomic mass is 10.1. The van der Waals surface area contributed by atoms with Crippen LogP contribution in [0.3, 0.4) is 0 Å². The van der Waals surface area contributed by atoms with Crippen LogP contribution in [0.2, 0.25) is 0 Å². The first-order chi connectivity index (χ1) is 13.0. The van der Waals surface area contributed by atoms with Crippen molar-refractivity contribution in [3.8, 4) is 22.9 Å². The molecule has 0 aliphatic heterocycles. The molecule has 0 aliphatic carbocycles. The number of carbonyl (C=O) groups excluding carboxylic acids is 1. The van der Waals surface area contributed by atoms with E-state index in [1.54, 1.807) is 25.1 Å². The molecule has 0 aliphatic rings. The molecular weight excluding hydrogens is 346 g/mol. The Labute approximate surface area is 155 Å². The lowest BCUT2D eigenvalue weighted by molar-refractivity contribution is 0.0934. The summed E-state index contributed by atoms with van der Waals surface area (Å²) < 4.78 is 5.25. The summed E-state index contributed by atoms with van der Waals surface area (Å²) in [4.78, 5) is 31.5. The van der Waals surface area contributed by atoms with E-state index in [2.05, 4.69) is 15.3 Å². The molecule has 7 nitrogen and oxygen atoms in total. The van der Waals surface area contributed by atoms with Crippen molar-refractivity contribution in [2.75, 3.05) is 7.11 Å². The summed E-state index contributed by atoms with van der Waals surface area (Å²) in [6.07, 6.45) is 0. The second-order valence-corrected chi connectivity index (χ2v) is 5.97. The topological polar surface area (TPSA) is 104 Å². The van der Waals surface area contributed by atoms with E-state index in [0.29, 0.717) is 22.7 Å². The molecular formula is C20H19N3O4. The number of nitrogens with one attached hydrogen (secondary N) is 2. The summed E-state index contributed by atoms with van der Waals surface area (Å²) in [6.45, 7) is 1.78. The summed E-state index contributed by atoms with van der Waals surface area (Å²) >= 11 is 0. The molecule has 7 heteroatoms. The summed E-state index contributed by atoms with van der Waals surface area (Å²) in [6, 6.07) is 14.5. The number of amides is 1. The summed E-state index contributed by atoms with van der Waals surface area (Å²) in [5, 5.41) is 12.4. The van der Waals surface area contributed by atoms with Crippen LogP contribution in [0.25, 0.3) is 11.4 Å². The molecule has 3 N–H and O–H groups in total. The first-order valence-electron chi connectivity index (χ1n) is 8.32. The third-order valence-corrected chi connectivity index (χ3v) is 4.05. The smallest absolute Gasteiger partial charge is 0.270 e. The van der Waals surface area contributed by atoms with Gasteiger partial charge in [0, 0.05) is 23.3 Å². The third-order valence-electron chi connectivity index (χ3n) is 4.05. The van der Waals surface area contributed by atoms with Crippen molar-refractivity contribution in [3.63, 3.8) is 0 Å². The minimum atomic E-state index is -0.485. The number of phenolic OH excluding ortho intramolecular Hbond substituents is 1. The van der Waals surface area contributed by atoms with Crippen molar-refractivity contribution in [2.24, 2.45) is 0 Å². The fraction of sp³-hybridized carbons (Fsp3) is 0.150. The zero-order valence-corrected chi connectivity index (χ0v) is 14.9. The van der Waals surface area contributed by atoms with E-state index < -0.39 is 17.5 Å². The molecule has 1 amide bonds. The number of phenols is 1. The van der Waals surface area contributed by atoms with Gasteiger partial charge in [-0.3, -0.25) is 9.59 Å². The minimum absolute atomic E-state index is 0.0159. The standard InChI is InChI=1S/C20H19N3O4/c1-12(15-9-8-14(24)10-17(15)27-2)21-20(26)16-11-18(25)23-19(22-16)13-6-4-3-5-7-13/h3-12,24H,1-2H3,(H,21,26)(H,22,23,25). The quantitative estimate of drug-likeness (QED) is 0.645. The van der Waals surface area contributed by atoms with Crippen molar-refractivity contribution in [2.45, 2.75) is 13.0 Å². The lowest BCUT2D eigenvalue weighted by Crippen LogP contribution is -2.29. The second-order valence-electron chi connectivity index (χ2n) is 5.97. The predicted octanol–water partition coefficient (Wildman–Crippen LogP) is 2.64. The van der Waals surface area contributed by atoms with Crippen molar-refractivity contribution in [1.82, 2.24) is 15.3 Å². The number of carbonyl (C=O) groups is 1. The van der Waals surface area contributed by atoms with E-state index >= 15 is 0 Å². The number of nitrogens with zero attached hydrogens (tertiary/aromatic N) is 1. The van der Waals surface area contributed by atoms with Gasteiger partial charge in [0.05, 0.1) is 13.2 Å². The van der Waals surface area contributed by atoms with Gasteiger partial charge in [0.25, 0.3) is 11.5 Å². The molecule has 1 unspecified atom stereocenters. The molecule has 1 heterocycles. The van der Waals surface area contributed by atoms with Gasteiger partial charge in [-0.2, -0.15) is 0 Å². The number of aromatic nitrogens is 2. The number of H-pyrrole nitrogens is 1. The number of methoxy groups -OCH3 is 1. The summed E-state index contributed by atoms with van der Waals surface area (Å²) in [5.74, 6) is 0.355. The molecule has 2 aromatic carbocycles. The second kappa shape index (κ2) is 7.74. The van der Waals surface area contributed by atoms with Crippen LogP contribution in [0.4, 0.5) is 0 Å². The highest BCUT2D eigenvalue weighted by atomic mass is 16.5. The molecule has 0 fully saturated rings. The Morgan fingerprint density at radius 1 is 1.19 bits per heavy atom. The molecule has 0 saturated carbocycles. The maximum Gasteiger partial charge on any atom is 0.270 e. The molecule has 27 heavy (non-hydrogen) atoms. The van der Waals surface area contributed by atoms with Gasteiger partial charge < -0.3 is 20.1 Å². The zero-order chi connectivity index (χ0) is 19.4. The number of hydrogen-bond acceptors (Lipinski definition) is 5. The monoisotopic (exact) mass is 365 g/mol. The number of benzene rings is 2. The van der Waals surface area contributed by atoms with Gasteiger partial charge in [-0.1, -0.05) is 30.3 Å². The number of aromatic amines is 1. The highest BCUT2D eigenvalue weighted by Gasteiger charge is 2.17. The van der Waals surface area contributed by atoms with E-state index in [1.165, 1.54) is 19.2 Å². The zero-order valence-electron chi connectivity index (χ0n) is 14.9. The number of hydrogen-bond donors (Lipinski definition) is 3. The van der Waals surface area contributed by atoms with E-state index in [4.69, 9.17) is 4.74 Å². The minimum Gasteiger partial charge on any atom is -0.508 e. The van der Waals surface area contributed by atoms with Crippen LogP contribution < -0.4 is 15.6 Å². The molecule has 3 rings (SSSR count). The lowest BCUT2D eigenvalue weighted by Gasteiger charge is -2.17. The fourth-order valence-electron chi connectivity index (χ4n) is 2.71. The van der Waals surface area contributed by atoms with Gasteiger partial charge in [0.1, 0.15) is 23.0 Å². The normalized spacial score (nSPS) is 11.6. The van der Waals surface area contributed by atoms with Crippen LogP contribution in [0.5, 0.6) is 11.5 Å². The molecule has 1 aromatic heterocycles. The van der Waals surface area contributed by atoms with Crippen LogP contribution in [0.15, 0.2) is 59.4 Å². The fourth-order valence-corrected chi connectivity index (χ4v) is 2.71. The Morgan fingerprint density at radius 3 is 2.63 bits per heavy atom. The van der Waals surface area contributed by atoms with E-state index in [-0.39, 0.29) is 11.4 Å². The van der Waals surface area contributed by atoms with Crippen molar-refractivity contribution in [3.05, 3.63) is 76.2 Å². The Morgan fingerprint density at radius 2 is 1.93 bits per heavy atom. The van der Waals surface area contributed by atoms with E-state index in [9.17, 15) is 14.7 Å². The third kappa shape index (κ3) is 4.14. The van der Waals surface area contributed by atoms with Crippen LogP contribution in [0.1, 0.15) is 29.0 Å². The van der Waals surface area contributed by atoms with Gasteiger partial charge in [-0.25, -0.2) is 4.98 Å². The average molecular weight is 365 g/mol. The molecule has 0 saturated heterocycles. The van der Waals surface area contributed by atoms with Crippen LogP contribution in [0, 0.1) is 0 Å². The van der Waals surface area contributed by atoms with Crippen molar-refractivity contribution >= 4 is 5.91 Å².